The largest absolute Gasteiger partial charge is 0.506 e. The number of anilines is 1. The van der Waals surface area contributed by atoms with Gasteiger partial charge in [-0.2, -0.15) is 0 Å². The number of carbonyl (C=O) groups is 1. The highest BCUT2D eigenvalue weighted by Crippen LogP contribution is 2.25. The maximum atomic E-state index is 12.0. The van der Waals surface area contributed by atoms with Crippen LogP contribution in [-0.4, -0.2) is 17.1 Å². The number of hydrogen-bond donors (Lipinski definition) is 2. The minimum atomic E-state index is -0.112. The van der Waals surface area contributed by atoms with Crippen LogP contribution in [0, 0.1) is 0 Å². The Morgan fingerprint density at radius 3 is 2.71 bits per heavy atom. The molecule has 0 bridgehead atoms. The zero-order valence-electron chi connectivity index (χ0n) is 13.7. The SMILES string of the molecule is O=C(CCc1cccc(OC2CCCC2)c1)Nc1ccccc1O. The summed E-state index contributed by atoms with van der Waals surface area (Å²) >= 11 is 0. The van der Waals surface area contributed by atoms with E-state index in [2.05, 4.69) is 5.32 Å². The van der Waals surface area contributed by atoms with Crippen LogP contribution < -0.4 is 10.1 Å². The van der Waals surface area contributed by atoms with Crippen molar-refractivity contribution in [1.82, 2.24) is 0 Å². The molecule has 1 aliphatic carbocycles. The first-order valence-electron chi connectivity index (χ1n) is 8.54. The molecule has 0 radical (unpaired) electrons. The second-order valence-electron chi connectivity index (χ2n) is 6.24. The van der Waals surface area contributed by atoms with E-state index in [1.807, 2.05) is 24.3 Å². The summed E-state index contributed by atoms with van der Waals surface area (Å²) < 4.78 is 6.00. The molecule has 1 fully saturated rings. The lowest BCUT2D eigenvalue weighted by atomic mass is 10.1. The molecule has 126 valence electrons. The van der Waals surface area contributed by atoms with E-state index in [0.29, 0.717) is 24.6 Å². The zero-order chi connectivity index (χ0) is 16.8. The molecule has 0 spiro atoms. The third-order valence-corrected chi connectivity index (χ3v) is 4.32. The molecular formula is C20H23NO3. The van der Waals surface area contributed by atoms with Crippen LogP contribution in [0.25, 0.3) is 0 Å². The number of ether oxygens (including phenoxy) is 1. The third kappa shape index (κ3) is 4.51. The van der Waals surface area contributed by atoms with Gasteiger partial charge in [0.2, 0.25) is 5.91 Å². The number of nitrogens with one attached hydrogen (secondary N) is 1. The van der Waals surface area contributed by atoms with Crippen molar-refractivity contribution in [3.8, 4) is 11.5 Å². The molecule has 3 rings (SSSR count). The molecule has 1 aliphatic rings. The van der Waals surface area contributed by atoms with E-state index in [0.717, 1.165) is 24.2 Å². The highest BCUT2D eigenvalue weighted by atomic mass is 16.5. The van der Waals surface area contributed by atoms with Gasteiger partial charge in [-0.25, -0.2) is 0 Å². The topological polar surface area (TPSA) is 58.6 Å². The summed E-state index contributed by atoms with van der Waals surface area (Å²) in [6, 6.07) is 14.7. The van der Waals surface area contributed by atoms with Gasteiger partial charge in [-0.1, -0.05) is 24.3 Å². The molecule has 0 aliphatic heterocycles. The number of phenolic OH excluding ortho intramolecular Hbond substituents is 1. The molecule has 0 heterocycles. The second-order valence-corrected chi connectivity index (χ2v) is 6.24. The lowest BCUT2D eigenvalue weighted by molar-refractivity contribution is -0.116. The van der Waals surface area contributed by atoms with Crippen LogP contribution in [-0.2, 0) is 11.2 Å². The van der Waals surface area contributed by atoms with Crippen LogP contribution in [0.5, 0.6) is 11.5 Å². The fourth-order valence-corrected chi connectivity index (χ4v) is 3.02. The van der Waals surface area contributed by atoms with Crippen molar-refractivity contribution in [3.63, 3.8) is 0 Å². The van der Waals surface area contributed by atoms with Crippen LogP contribution in [0.4, 0.5) is 5.69 Å². The van der Waals surface area contributed by atoms with Gasteiger partial charge in [-0.05, 0) is 61.9 Å². The van der Waals surface area contributed by atoms with Gasteiger partial charge in [-0.15, -0.1) is 0 Å². The number of phenols is 1. The van der Waals surface area contributed by atoms with Crippen LogP contribution in [0.3, 0.4) is 0 Å². The number of aryl methyl sites for hydroxylation is 1. The summed E-state index contributed by atoms with van der Waals surface area (Å²) in [6.45, 7) is 0. The average molecular weight is 325 g/mol. The van der Waals surface area contributed by atoms with Crippen LogP contribution in [0.2, 0.25) is 0 Å². The van der Waals surface area contributed by atoms with Crippen molar-refractivity contribution < 1.29 is 14.6 Å². The molecule has 0 aromatic heterocycles. The van der Waals surface area contributed by atoms with Gasteiger partial charge in [0.15, 0.2) is 0 Å². The van der Waals surface area contributed by atoms with Gasteiger partial charge < -0.3 is 15.2 Å². The molecule has 1 saturated carbocycles. The summed E-state index contributed by atoms with van der Waals surface area (Å²) in [4.78, 5) is 12.0. The van der Waals surface area contributed by atoms with Gasteiger partial charge in [0.25, 0.3) is 0 Å². The smallest absolute Gasteiger partial charge is 0.224 e. The van der Waals surface area contributed by atoms with Crippen LogP contribution in [0.15, 0.2) is 48.5 Å². The van der Waals surface area contributed by atoms with Crippen LogP contribution >= 0.6 is 0 Å². The van der Waals surface area contributed by atoms with Crippen molar-refractivity contribution in [2.45, 2.75) is 44.6 Å². The predicted molar refractivity (Wildman–Crippen MR) is 94.4 cm³/mol. The molecule has 0 atom stereocenters. The molecule has 2 aromatic carbocycles. The Bertz CT molecular complexity index is 693. The minimum Gasteiger partial charge on any atom is -0.506 e. The number of aromatic hydroxyl groups is 1. The highest BCUT2D eigenvalue weighted by Gasteiger charge is 2.16. The first kappa shape index (κ1) is 16.4. The number of carbonyl (C=O) groups excluding carboxylic acids is 1. The molecule has 2 N–H and O–H groups in total. The maximum Gasteiger partial charge on any atom is 0.224 e. The Kier molecular flexibility index (Phi) is 5.36. The predicted octanol–water partition coefficient (Wildman–Crippen LogP) is 4.28. The second kappa shape index (κ2) is 7.86. The first-order valence-corrected chi connectivity index (χ1v) is 8.54. The summed E-state index contributed by atoms with van der Waals surface area (Å²) in [5.41, 5.74) is 1.53. The molecule has 4 heteroatoms. The molecule has 1 amide bonds. The van der Waals surface area contributed by atoms with E-state index >= 15 is 0 Å². The zero-order valence-corrected chi connectivity index (χ0v) is 13.7. The van der Waals surface area contributed by atoms with Crippen molar-refractivity contribution >= 4 is 11.6 Å². The number of hydrogen-bond acceptors (Lipinski definition) is 3. The lowest BCUT2D eigenvalue weighted by Gasteiger charge is -2.14. The highest BCUT2D eigenvalue weighted by molar-refractivity contribution is 5.92. The van der Waals surface area contributed by atoms with Gasteiger partial charge >= 0.3 is 0 Å². The third-order valence-electron chi connectivity index (χ3n) is 4.32. The van der Waals surface area contributed by atoms with E-state index in [-0.39, 0.29) is 11.7 Å². The minimum absolute atomic E-state index is 0.0813. The fraction of sp³-hybridized carbons (Fsp3) is 0.350. The van der Waals surface area contributed by atoms with E-state index in [1.165, 1.54) is 12.8 Å². The Morgan fingerprint density at radius 1 is 1.12 bits per heavy atom. The molecule has 2 aromatic rings. The Balaban J connectivity index is 1.52. The summed E-state index contributed by atoms with van der Waals surface area (Å²) in [5.74, 6) is 0.858. The summed E-state index contributed by atoms with van der Waals surface area (Å²) in [5, 5.41) is 12.4. The van der Waals surface area contributed by atoms with E-state index in [9.17, 15) is 9.90 Å². The number of para-hydroxylation sites is 2. The summed E-state index contributed by atoms with van der Waals surface area (Å²) in [6.07, 6.45) is 6.10. The standard InChI is InChI=1S/C20H23NO3/c22-19-11-4-3-10-18(19)21-20(23)13-12-15-6-5-9-17(14-15)24-16-7-1-2-8-16/h3-6,9-11,14,16,22H,1-2,7-8,12-13H2,(H,21,23). The number of rotatable bonds is 6. The monoisotopic (exact) mass is 325 g/mol. The van der Waals surface area contributed by atoms with E-state index in [1.54, 1.807) is 24.3 Å². The van der Waals surface area contributed by atoms with Crippen molar-refractivity contribution in [2.75, 3.05) is 5.32 Å². The first-order chi connectivity index (χ1) is 11.7. The van der Waals surface area contributed by atoms with E-state index in [4.69, 9.17) is 4.74 Å². The fourth-order valence-electron chi connectivity index (χ4n) is 3.02. The van der Waals surface area contributed by atoms with E-state index < -0.39 is 0 Å². The lowest BCUT2D eigenvalue weighted by Crippen LogP contribution is -2.13. The molecule has 0 unspecified atom stereocenters. The average Bonchev–Trinajstić information content (AvgIpc) is 3.08. The molecule has 4 nitrogen and oxygen atoms in total. The molecule has 24 heavy (non-hydrogen) atoms. The van der Waals surface area contributed by atoms with Crippen molar-refractivity contribution in [1.29, 1.82) is 0 Å². The number of benzene rings is 2. The van der Waals surface area contributed by atoms with Gasteiger partial charge in [0.05, 0.1) is 11.8 Å². The quantitative estimate of drug-likeness (QED) is 0.779. The number of amides is 1. The Labute approximate surface area is 142 Å². The molecular weight excluding hydrogens is 302 g/mol. The van der Waals surface area contributed by atoms with Crippen molar-refractivity contribution in [3.05, 3.63) is 54.1 Å². The van der Waals surface area contributed by atoms with Crippen molar-refractivity contribution in [2.24, 2.45) is 0 Å². The Morgan fingerprint density at radius 2 is 1.92 bits per heavy atom. The maximum absolute atomic E-state index is 12.0. The van der Waals surface area contributed by atoms with Crippen LogP contribution in [0.1, 0.15) is 37.7 Å². The molecule has 0 saturated heterocycles. The normalized spacial score (nSPS) is 14.5. The van der Waals surface area contributed by atoms with Gasteiger partial charge in [-0.3, -0.25) is 4.79 Å². The van der Waals surface area contributed by atoms with Gasteiger partial charge in [0, 0.05) is 6.42 Å². The summed E-state index contributed by atoms with van der Waals surface area (Å²) in [7, 11) is 0. The Hall–Kier alpha value is -2.49. The van der Waals surface area contributed by atoms with Gasteiger partial charge in [0.1, 0.15) is 11.5 Å².